The molecule has 5 heteroatoms. The summed E-state index contributed by atoms with van der Waals surface area (Å²) < 4.78 is 16.0. The molecule has 1 aliphatic heterocycles. The highest BCUT2D eigenvalue weighted by molar-refractivity contribution is 5.95. The van der Waals surface area contributed by atoms with Gasteiger partial charge in [0.05, 0.1) is 12.2 Å². The van der Waals surface area contributed by atoms with Crippen molar-refractivity contribution in [2.24, 2.45) is 0 Å². The van der Waals surface area contributed by atoms with Crippen molar-refractivity contribution in [1.82, 2.24) is 0 Å². The molecule has 1 atom stereocenters. The van der Waals surface area contributed by atoms with Crippen LogP contribution in [0.5, 0.6) is 11.5 Å². The summed E-state index contributed by atoms with van der Waals surface area (Å²) in [4.78, 5) is 24.3. The number of cyclic esters (lactones) is 1. The van der Waals surface area contributed by atoms with Crippen molar-refractivity contribution < 1.29 is 23.8 Å². The summed E-state index contributed by atoms with van der Waals surface area (Å²) in [5, 5.41) is 0. The number of hydrogen-bond donors (Lipinski definition) is 0. The van der Waals surface area contributed by atoms with Gasteiger partial charge in [0.1, 0.15) is 0 Å². The van der Waals surface area contributed by atoms with Crippen molar-refractivity contribution in [2.75, 3.05) is 6.61 Å². The van der Waals surface area contributed by atoms with Gasteiger partial charge in [-0.2, -0.15) is 0 Å². The summed E-state index contributed by atoms with van der Waals surface area (Å²) in [7, 11) is 0. The molecule has 1 heterocycles. The molecule has 0 bridgehead atoms. The van der Waals surface area contributed by atoms with E-state index in [2.05, 4.69) is 0 Å². The van der Waals surface area contributed by atoms with Crippen LogP contribution in [0.4, 0.5) is 0 Å². The summed E-state index contributed by atoms with van der Waals surface area (Å²) in [5.41, 5.74) is 1.27. The lowest BCUT2D eigenvalue weighted by Gasteiger charge is -2.23. The molecule has 0 aliphatic carbocycles. The molecule has 1 aliphatic rings. The number of ether oxygens (including phenoxy) is 3. The van der Waals surface area contributed by atoms with Crippen molar-refractivity contribution in [3.05, 3.63) is 59.7 Å². The molecule has 0 radical (unpaired) electrons. The molecule has 0 saturated carbocycles. The van der Waals surface area contributed by atoms with E-state index in [0.717, 1.165) is 5.56 Å². The summed E-state index contributed by atoms with van der Waals surface area (Å²) in [6.07, 6.45) is -0.649. The third-order valence-electron chi connectivity index (χ3n) is 3.51. The van der Waals surface area contributed by atoms with Crippen LogP contribution in [0.1, 0.15) is 22.8 Å². The van der Waals surface area contributed by atoms with Crippen LogP contribution in [0.15, 0.2) is 48.5 Å². The highest BCUT2D eigenvalue weighted by Gasteiger charge is 2.32. The molecular weight excluding hydrogens is 296 g/mol. The predicted octanol–water partition coefficient (Wildman–Crippen LogP) is 2.77. The Morgan fingerprint density at radius 1 is 1.13 bits per heavy atom. The monoisotopic (exact) mass is 312 g/mol. The second-order valence-electron chi connectivity index (χ2n) is 5.06. The van der Waals surface area contributed by atoms with Crippen molar-refractivity contribution in [3.8, 4) is 11.5 Å². The third kappa shape index (κ3) is 3.18. The Labute approximate surface area is 133 Å². The molecule has 0 saturated heterocycles. The topological polar surface area (TPSA) is 61.8 Å². The Bertz CT molecular complexity index is 738. The minimum atomic E-state index is -0.952. The normalized spacial score (nSPS) is 16.2. The van der Waals surface area contributed by atoms with E-state index >= 15 is 0 Å². The number of carbonyl (C=O) groups is 2. The Balaban J connectivity index is 1.76. The fourth-order valence-electron chi connectivity index (χ4n) is 2.45. The van der Waals surface area contributed by atoms with Crippen LogP contribution in [0.2, 0.25) is 0 Å². The van der Waals surface area contributed by atoms with E-state index in [4.69, 9.17) is 14.2 Å². The van der Waals surface area contributed by atoms with Gasteiger partial charge < -0.3 is 14.2 Å². The quantitative estimate of drug-likeness (QED) is 0.642. The van der Waals surface area contributed by atoms with Crippen molar-refractivity contribution >= 4 is 11.9 Å². The van der Waals surface area contributed by atoms with Gasteiger partial charge in [-0.25, -0.2) is 9.59 Å². The van der Waals surface area contributed by atoms with Crippen LogP contribution in [0, 0.1) is 0 Å². The van der Waals surface area contributed by atoms with Crippen LogP contribution < -0.4 is 9.47 Å². The van der Waals surface area contributed by atoms with Crippen LogP contribution >= 0.6 is 0 Å². The van der Waals surface area contributed by atoms with Gasteiger partial charge in [-0.3, -0.25) is 0 Å². The lowest BCUT2D eigenvalue weighted by Crippen LogP contribution is -2.37. The van der Waals surface area contributed by atoms with Crippen LogP contribution in [0.25, 0.3) is 0 Å². The number of esters is 2. The maximum absolute atomic E-state index is 12.3. The summed E-state index contributed by atoms with van der Waals surface area (Å²) >= 11 is 0. The second kappa shape index (κ2) is 6.52. The predicted molar refractivity (Wildman–Crippen MR) is 82.6 cm³/mol. The smallest absolute Gasteiger partial charge is 0.353 e. The summed E-state index contributed by atoms with van der Waals surface area (Å²) in [5.74, 6) is -0.327. The standard InChI is InChI=1S/C18H16O5/c1-2-21-14-9-5-6-10-15(14)22-18(20)16-11-12-7-3-4-8-13(12)17(19)23-16/h3-10,16H,2,11H2,1H3. The maximum atomic E-state index is 12.3. The molecule has 3 rings (SSSR count). The Morgan fingerprint density at radius 2 is 1.83 bits per heavy atom. The SMILES string of the molecule is CCOc1ccccc1OC(=O)C1Cc2ccccc2C(=O)O1. The molecule has 0 N–H and O–H groups in total. The van der Waals surface area contributed by atoms with E-state index in [1.54, 1.807) is 36.4 Å². The molecule has 2 aromatic carbocycles. The first-order chi connectivity index (χ1) is 11.2. The first-order valence-corrected chi connectivity index (χ1v) is 7.41. The summed E-state index contributed by atoms with van der Waals surface area (Å²) in [6, 6.07) is 14.0. The Kier molecular flexibility index (Phi) is 4.28. The number of benzene rings is 2. The van der Waals surface area contributed by atoms with Gasteiger partial charge in [0, 0.05) is 6.42 Å². The second-order valence-corrected chi connectivity index (χ2v) is 5.06. The molecule has 23 heavy (non-hydrogen) atoms. The van der Waals surface area contributed by atoms with Crippen LogP contribution in [-0.4, -0.2) is 24.6 Å². The van der Waals surface area contributed by atoms with Gasteiger partial charge in [0.2, 0.25) is 6.10 Å². The Morgan fingerprint density at radius 3 is 2.61 bits per heavy atom. The highest BCUT2D eigenvalue weighted by atomic mass is 16.6. The Hall–Kier alpha value is -2.82. The largest absolute Gasteiger partial charge is 0.490 e. The van der Waals surface area contributed by atoms with Crippen molar-refractivity contribution in [1.29, 1.82) is 0 Å². The molecular formula is C18H16O5. The third-order valence-corrected chi connectivity index (χ3v) is 3.51. The first kappa shape index (κ1) is 15.1. The van der Waals surface area contributed by atoms with Gasteiger partial charge in [-0.15, -0.1) is 0 Å². The highest BCUT2D eigenvalue weighted by Crippen LogP contribution is 2.28. The average molecular weight is 312 g/mol. The average Bonchev–Trinajstić information content (AvgIpc) is 2.57. The first-order valence-electron chi connectivity index (χ1n) is 7.41. The van der Waals surface area contributed by atoms with Gasteiger partial charge in [0.25, 0.3) is 0 Å². The van der Waals surface area contributed by atoms with Gasteiger partial charge in [0.15, 0.2) is 11.5 Å². The lowest BCUT2D eigenvalue weighted by atomic mass is 9.99. The molecule has 0 amide bonds. The zero-order chi connectivity index (χ0) is 16.2. The van der Waals surface area contributed by atoms with E-state index in [1.165, 1.54) is 0 Å². The van der Waals surface area contributed by atoms with E-state index in [1.807, 2.05) is 19.1 Å². The minimum absolute atomic E-state index is 0.303. The van der Waals surface area contributed by atoms with E-state index in [-0.39, 0.29) is 0 Å². The zero-order valence-electron chi connectivity index (χ0n) is 12.7. The van der Waals surface area contributed by atoms with E-state index in [9.17, 15) is 9.59 Å². The van der Waals surface area contributed by atoms with Crippen molar-refractivity contribution in [2.45, 2.75) is 19.4 Å². The molecule has 0 fully saturated rings. The number of rotatable bonds is 4. The van der Waals surface area contributed by atoms with Gasteiger partial charge in [-0.1, -0.05) is 30.3 Å². The number of para-hydroxylation sites is 2. The van der Waals surface area contributed by atoms with E-state index < -0.39 is 18.0 Å². The number of fused-ring (bicyclic) bond motifs is 1. The zero-order valence-corrected chi connectivity index (χ0v) is 12.7. The van der Waals surface area contributed by atoms with Crippen LogP contribution in [0.3, 0.4) is 0 Å². The van der Waals surface area contributed by atoms with E-state index in [0.29, 0.717) is 30.1 Å². The van der Waals surface area contributed by atoms with Gasteiger partial charge in [-0.05, 0) is 30.7 Å². The van der Waals surface area contributed by atoms with Gasteiger partial charge >= 0.3 is 11.9 Å². The lowest BCUT2D eigenvalue weighted by molar-refractivity contribution is -0.144. The molecule has 5 nitrogen and oxygen atoms in total. The van der Waals surface area contributed by atoms with Crippen molar-refractivity contribution in [3.63, 3.8) is 0 Å². The molecule has 1 unspecified atom stereocenters. The fraction of sp³-hybridized carbons (Fsp3) is 0.222. The molecule has 2 aromatic rings. The number of hydrogen-bond acceptors (Lipinski definition) is 5. The maximum Gasteiger partial charge on any atom is 0.353 e. The van der Waals surface area contributed by atoms with Crippen LogP contribution in [-0.2, 0) is 16.0 Å². The summed E-state index contributed by atoms with van der Waals surface area (Å²) in [6.45, 7) is 2.30. The molecule has 0 aromatic heterocycles. The minimum Gasteiger partial charge on any atom is -0.490 e. The number of carbonyl (C=O) groups excluding carboxylic acids is 2. The fourth-order valence-corrected chi connectivity index (χ4v) is 2.45. The molecule has 118 valence electrons. The molecule has 0 spiro atoms.